The monoisotopic (exact) mass is 379 g/mol. The van der Waals surface area contributed by atoms with Gasteiger partial charge in [-0.15, -0.1) is 10.2 Å². The van der Waals surface area contributed by atoms with Crippen LogP contribution < -0.4 is 0 Å². The zero-order chi connectivity index (χ0) is 20.5. The quantitative estimate of drug-likeness (QED) is 0.624. The van der Waals surface area contributed by atoms with Crippen LogP contribution in [0.2, 0.25) is 0 Å². The highest BCUT2D eigenvalue weighted by Gasteiger charge is 2.34. The number of halogens is 1. The van der Waals surface area contributed by atoms with Gasteiger partial charge in [-0.3, -0.25) is 0 Å². The lowest BCUT2D eigenvalue weighted by Gasteiger charge is -2.27. The highest BCUT2D eigenvalue weighted by molar-refractivity contribution is 5.57. The van der Waals surface area contributed by atoms with Gasteiger partial charge in [0.25, 0.3) is 0 Å². The van der Waals surface area contributed by atoms with E-state index in [-0.39, 0.29) is 11.7 Å². The molecular formula is C22H22FN3O2. The van der Waals surface area contributed by atoms with E-state index < -0.39 is 11.5 Å². The number of nitrogens with zero attached hydrogens (tertiary/aromatic N) is 3. The molecule has 2 aromatic carbocycles. The lowest BCUT2D eigenvalue weighted by atomic mass is 9.83. The van der Waals surface area contributed by atoms with E-state index in [1.807, 2.05) is 19.9 Å². The van der Waals surface area contributed by atoms with Crippen LogP contribution in [0, 0.1) is 26.2 Å². The summed E-state index contributed by atoms with van der Waals surface area (Å²) in [5, 5.41) is 19.0. The predicted octanol–water partition coefficient (Wildman–Crippen LogP) is 5.14. The average molecular weight is 379 g/mol. The summed E-state index contributed by atoms with van der Waals surface area (Å²) in [5.41, 5.74) is 3.09. The molecule has 0 unspecified atom stereocenters. The molecule has 1 atom stereocenters. The SMILES string of the molecule is [C-]#[N+]c1ccc(C[C@@H](c2nnc(-c3ccc(F)cc3)o2)C(C)(C)O)c(C)c1C. The normalized spacial score (nSPS) is 12.6. The van der Waals surface area contributed by atoms with Gasteiger partial charge in [0.2, 0.25) is 11.8 Å². The zero-order valence-electron chi connectivity index (χ0n) is 16.3. The van der Waals surface area contributed by atoms with Crippen molar-refractivity contribution in [2.45, 2.75) is 45.6 Å². The second-order valence-electron chi connectivity index (χ2n) is 7.47. The van der Waals surface area contributed by atoms with Crippen molar-refractivity contribution in [3.63, 3.8) is 0 Å². The van der Waals surface area contributed by atoms with Crippen LogP contribution in [-0.4, -0.2) is 20.9 Å². The van der Waals surface area contributed by atoms with Gasteiger partial charge in [-0.25, -0.2) is 9.24 Å². The third-order valence-corrected chi connectivity index (χ3v) is 5.10. The van der Waals surface area contributed by atoms with Crippen molar-refractivity contribution < 1.29 is 13.9 Å². The summed E-state index contributed by atoms with van der Waals surface area (Å²) in [5.74, 6) is -0.184. The van der Waals surface area contributed by atoms with Gasteiger partial charge in [0.05, 0.1) is 18.1 Å². The van der Waals surface area contributed by atoms with E-state index in [9.17, 15) is 9.50 Å². The zero-order valence-corrected chi connectivity index (χ0v) is 16.3. The Balaban J connectivity index is 1.96. The van der Waals surface area contributed by atoms with E-state index in [1.54, 1.807) is 32.0 Å². The molecule has 0 amide bonds. The molecule has 0 aliphatic rings. The summed E-state index contributed by atoms with van der Waals surface area (Å²) >= 11 is 0. The fraction of sp³-hybridized carbons (Fsp3) is 0.318. The van der Waals surface area contributed by atoms with Gasteiger partial charge in [-0.05, 0) is 69.5 Å². The number of aromatic nitrogens is 2. The molecule has 3 rings (SSSR count). The van der Waals surface area contributed by atoms with Crippen LogP contribution >= 0.6 is 0 Å². The van der Waals surface area contributed by atoms with Crippen LogP contribution in [0.5, 0.6) is 0 Å². The Hall–Kier alpha value is -3.04. The molecule has 1 heterocycles. The molecule has 0 radical (unpaired) electrons. The molecule has 1 N–H and O–H groups in total. The smallest absolute Gasteiger partial charge is 0.247 e. The molecule has 6 heteroatoms. The van der Waals surface area contributed by atoms with Crippen molar-refractivity contribution in [1.29, 1.82) is 0 Å². The van der Waals surface area contributed by atoms with E-state index in [4.69, 9.17) is 11.0 Å². The number of hydrogen-bond donors (Lipinski definition) is 1. The third-order valence-electron chi connectivity index (χ3n) is 5.10. The maximum absolute atomic E-state index is 13.1. The summed E-state index contributed by atoms with van der Waals surface area (Å²) in [6.07, 6.45) is 0.486. The molecule has 1 aromatic heterocycles. The van der Waals surface area contributed by atoms with Crippen molar-refractivity contribution in [2.75, 3.05) is 0 Å². The van der Waals surface area contributed by atoms with E-state index in [1.165, 1.54) is 12.1 Å². The van der Waals surface area contributed by atoms with Crippen molar-refractivity contribution in [1.82, 2.24) is 10.2 Å². The van der Waals surface area contributed by atoms with Gasteiger partial charge < -0.3 is 9.52 Å². The highest BCUT2D eigenvalue weighted by Crippen LogP contribution is 2.35. The number of rotatable bonds is 5. The topological polar surface area (TPSA) is 63.5 Å². The van der Waals surface area contributed by atoms with E-state index in [0.717, 1.165) is 16.7 Å². The Morgan fingerprint density at radius 3 is 2.39 bits per heavy atom. The first-order chi connectivity index (χ1) is 13.2. The minimum atomic E-state index is -1.11. The number of aliphatic hydroxyl groups is 1. The van der Waals surface area contributed by atoms with E-state index in [2.05, 4.69) is 15.0 Å². The molecule has 0 saturated carbocycles. The van der Waals surface area contributed by atoms with Crippen LogP contribution in [0.1, 0.15) is 42.3 Å². The van der Waals surface area contributed by atoms with E-state index in [0.29, 0.717) is 23.6 Å². The van der Waals surface area contributed by atoms with Crippen LogP contribution in [0.3, 0.4) is 0 Å². The Bertz CT molecular complexity index is 1030. The molecule has 0 spiro atoms. The standard InChI is InChI=1S/C22H22FN3O2/c1-13-14(2)19(24-5)11-8-16(13)12-18(22(3,4)27)21-26-25-20(28-21)15-6-9-17(23)10-7-15/h6-11,18,27H,12H2,1-4H3/t18-/m0/s1. The third kappa shape index (κ3) is 3.95. The minimum absolute atomic E-state index is 0.278. The summed E-state index contributed by atoms with van der Waals surface area (Å²) < 4.78 is 19.0. The van der Waals surface area contributed by atoms with Crippen molar-refractivity contribution in [3.05, 3.63) is 76.2 Å². The van der Waals surface area contributed by atoms with Crippen LogP contribution in [0.15, 0.2) is 40.8 Å². The van der Waals surface area contributed by atoms with Gasteiger partial charge in [-0.1, -0.05) is 17.7 Å². The highest BCUT2D eigenvalue weighted by atomic mass is 19.1. The fourth-order valence-corrected chi connectivity index (χ4v) is 3.15. The Labute approximate surface area is 163 Å². The Morgan fingerprint density at radius 2 is 1.79 bits per heavy atom. The van der Waals surface area contributed by atoms with Gasteiger partial charge in [0.1, 0.15) is 5.82 Å². The number of hydrogen-bond acceptors (Lipinski definition) is 4. The maximum atomic E-state index is 13.1. The summed E-state index contributed by atoms with van der Waals surface area (Å²) in [6, 6.07) is 9.51. The first kappa shape index (κ1) is 19.7. The molecular weight excluding hydrogens is 357 g/mol. The first-order valence-electron chi connectivity index (χ1n) is 8.99. The van der Waals surface area contributed by atoms with Crippen molar-refractivity contribution in [3.8, 4) is 11.5 Å². The van der Waals surface area contributed by atoms with Crippen molar-refractivity contribution >= 4 is 5.69 Å². The lowest BCUT2D eigenvalue weighted by molar-refractivity contribution is 0.0403. The molecule has 0 saturated heterocycles. The molecule has 0 fully saturated rings. The maximum Gasteiger partial charge on any atom is 0.247 e. The molecule has 3 aromatic rings. The number of benzene rings is 2. The molecule has 0 aliphatic heterocycles. The van der Waals surface area contributed by atoms with Gasteiger partial charge in [-0.2, -0.15) is 0 Å². The predicted molar refractivity (Wildman–Crippen MR) is 105 cm³/mol. The van der Waals surface area contributed by atoms with Crippen molar-refractivity contribution in [2.24, 2.45) is 0 Å². The molecule has 5 nitrogen and oxygen atoms in total. The largest absolute Gasteiger partial charge is 0.420 e. The van der Waals surface area contributed by atoms with Gasteiger partial charge in [0.15, 0.2) is 5.69 Å². The van der Waals surface area contributed by atoms with Gasteiger partial charge in [0, 0.05) is 5.56 Å². The van der Waals surface area contributed by atoms with E-state index >= 15 is 0 Å². The minimum Gasteiger partial charge on any atom is -0.420 e. The second-order valence-corrected chi connectivity index (χ2v) is 7.47. The van der Waals surface area contributed by atoms with Crippen LogP contribution in [0.25, 0.3) is 16.3 Å². The summed E-state index contributed by atoms with van der Waals surface area (Å²) in [4.78, 5) is 3.53. The summed E-state index contributed by atoms with van der Waals surface area (Å²) in [7, 11) is 0. The van der Waals surface area contributed by atoms with Crippen LogP contribution in [-0.2, 0) is 6.42 Å². The molecule has 28 heavy (non-hydrogen) atoms. The summed E-state index contributed by atoms with van der Waals surface area (Å²) in [6.45, 7) is 14.6. The Morgan fingerprint density at radius 1 is 1.11 bits per heavy atom. The average Bonchev–Trinajstić information content (AvgIpc) is 3.12. The fourth-order valence-electron chi connectivity index (χ4n) is 3.15. The molecule has 144 valence electrons. The lowest BCUT2D eigenvalue weighted by Crippen LogP contribution is -2.31. The molecule has 0 bridgehead atoms. The van der Waals surface area contributed by atoms with Gasteiger partial charge >= 0.3 is 0 Å². The first-order valence-corrected chi connectivity index (χ1v) is 8.99. The Kier molecular flexibility index (Phi) is 5.30. The van der Waals surface area contributed by atoms with Crippen LogP contribution in [0.4, 0.5) is 10.1 Å². The molecule has 0 aliphatic carbocycles. The second kappa shape index (κ2) is 7.53.